The summed E-state index contributed by atoms with van der Waals surface area (Å²) >= 11 is 0. The fourth-order valence-corrected chi connectivity index (χ4v) is 1.01. The van der Waals surface area contributed by atoms with E-state index >= 15 is 0 Å². The van der Waals surface area contributed by atoms with Crippen LogP contribution in [-0.2, 0) is 9.53 Å². The van der Waals surface area contributed by atoms with E-state index < -0.39 is 37.0 Å². The van der Waals surface area contributed by atoms with E-state index in [0.29, 0.717) is 0 Å². The van der Waals surface area contributed by atoms with Gasteiger partial charge in [-0.3, -0.25) is 0 Å². The van der Waals surface area contributed by atoms with Crippen LogP contribution < -0.4 is 34.7 Å². The molecule has 0 bridgehead atoms. The third kappa shape index (κ3) is 6.65. The third-order valence-electron chi connectivity index (χ3n) is 1.90. The van der Waals surface area contributed by atoms with E-state index in [2.05, 4.69) is 0 Å². The number of hydrogen-bond donors (Lipinski definition) is 5. The van der Waals surface area contributed by atoms with Gasteiger partial charge in [0.1, 0.15) is 24.4 Å². The van der Waals surface area contributed by atoms with Crippen molar-refractivity contribution in [1.29, 1.82) is 0 Å². The molecule has 4 unspecified atom stereocenters. The predicted octanol–water partition coefficient (Wildman–Crippen LogP) is -7.81. The van der Waals surface area contributed by atoms with Gasteiger partial charge in [0, 0.05) is 0 Å². The Labute approximate surface area is 120 Å². The minimum atomic E-state index is -2.29. The van der Waals surface area contributed by atoms with Crippen molar-refractivity contribution in [1.82, 2.24) is 0 Å². The first kappa shape index (κ1) is 19.6. The summed E-state index contributed by atoms with van der Waals surface area (Å²) in [5.74, 6) is -1.95. The Bertz CT molecular complexity index is 214. The van der Waals surface area contributed by atoms with Crippen molar-refractivity contribution in [3.05, 3.63) is 0 Å². The van der Waals surface area contributed by atoms with Gasteiger partial charge in [-0.05, 0) is 0 Å². The van der Waals surface area contributed by atoms with E-state index in [0.717, 1.165) is 0 Å². The molecule has 0 fully saturated rings. The van der Waals surface area contributed by atoms with E-state index in [1.807, 2.05) is 0 Å². The number of aliphatic hydroxyl groups excluding tert-OH is 5. The van der Waals surface area contributed by atoms with Crippen LogP contribution >= 0.6 is 0 Å². The van der Waals surface area contributed by atoms with Gasteiger partial charge >= 0.3 is 29.6 Å². The van der Waals surface area contributed by atoms with Gasteiger partial charge in [0.2, 0.25) is 0 Å². The molecule has 0 saturated carbocycles. The standard InChI is InChI=1S/C8H16O8.Na/c9-1-2-16-4(3-10)5(11)6(12)7(13)8(14)15;/h4-7,9-13H,1-3H2,(H,14,15);/q;+1/p-1. The molecule has 8 nitrogen and oxygen atoms in total. The van der Waals surface area contributed by atoms with Crippen molar-refractivity contribution in [3.8, 4) is 0 Å². The van der Waals surface area contributed by atoms with Crippen LogP contribution in [0, 0.1) is 0 Å². The summed E-state index contributed by atoms with van der Waals surface area (Å²) in [4.78, 5) is 10.2. The minimum absolute atomic E-state index is 0. The number of carboxylic acids is 1. The fraction of sp³-hybridized carbons (Fsp3) is 0.875. The van der Waals surface area contributed by atoms with Crippen molar-refractivity contribution in [2.24, 2.45) is 0 Å². The summed E-state index contributed by atoms with van der Waals surface area (Å²) in [6.45, 7) is -1.29. The van der Waals surface area contributed by atoms with Crippen LogP contribution in [0.4, 0.5) is 0 Å². The second kappa shape index (κ2) is 10.2. The number of ether oxygens (including phenoxy) is 1. The average Bonchev–Trinajstić information content (AvgIpc) is 2.27. The van der Waals surface area contributed by atoms with E-state index in [-0.39, 0.29) is 42.8 Å². The van der Waals surface area contributed by atoms with Crippen molar-refractivity contribution < 1.29 is 69.7 Å². The topological polar surface area (TPSA) is 151 Å². The molecule has 17 heavy (non-hydrogen) atoms. The van der Waals surface area contributed by atoms with E-state index in [1.54, 1.807) is 0 Å². The number of aliphatic hydroxyl groups is 5. The van der Waals surface area contributed by atoms with E-state index in [4.69, 9.17) is 20.1 Å². The summed E-state index contributed by atoms with van der Waals surface area (Å²) in [6, 6.07) is 0. The largest absolute Gasteiger partial charge is 1.00 e. The van der Waals surface area contributed by atoms with Crippen LogP contribution in [0.25, 0.3) is 0 Å². The maximum Gasteiger partial charge on any atom is 1.00 e. The molecule has 9 heteroatoms. The molecule has 0 amide bonds. The summed E-state index contributed by atoms with van der Waals surface area (Å²) in [7, 11) is 0. The smallest absolute Gasteiger partial charge is 0.547 e. The second-order valence-electron chi connectivity index (χ2n) is 3.06. The number of rotatable bonds is 8. The Kier molecular flexibility index (Phi) is 11.7. The number of aliphatic carboxylic acids is 1. The van der Waals surface area contributed by atoms with Crippen molar-refractivity contribution in [2.75, 3.05) is 19.8 Å². The number of hydrogen-bond acceptors (Lipinski definition) is 8. The summed E-state index contributed by atoms with van der Waals surface area (Å²) in [5.41, 5.74) is 0. The monoisotopic (exact) mass is 262 g/mol. The maximum atomic E-state index is 10.2. The molecule has 0 radical (unpaired) electrons. The van der Waals surface area contributed by atoms with Crippen LogP contribution in [0.2, 0.25) is 0 Å². The second-order valence-corrected chi connectivity index (χ2v) is 3.06. The van der Waals surface area contributed by atoms with Gasteiger partial charge in [-0.25, -0.2) is 0 Å². The number of carbonyl (C=O) groups excluding carboxylic acids is 1. The molecule has 0 aliphatic rings. The Morgan fingerprint density at radius 3 is 2.06 bits per heavy atom. The van der Waals surface area contributed by atoms with Gasteiger partial charge in [-0.15, -0.1) is 0 Å². The fourth-order valence-electron chi connectivity index (χ4n) is 1.01. The van der Waals surface area contributed by atoms with Gasteiger partial charge in [0.05, 0.1) is 25.8 Å². The van der Waals surface area contributed by atoms with Gasteiger partial charge in [-0.1, -0.05) is 0 Å². The normalized spacial score (nSPS) is 17.7. The SMILES string of the molecule is O=C([O-])C(O)C(O)C(O)C(CO)OCCO.[Na+]. The summed E-state index contributed by atoms with van der Waals surface area (Å²) in [6.07, 6.45) is -7.47. The molecule has 0 aromatic rings. The molecular formula is C8H15NaO8. The predicted molar refractivity (Wildman–Crippen MR) is 46.9 cm³/mol. The van der Waals surface area contributed by atoms with Gasteiger partial charge in [-0.2, -0.15) is 0 Å². The zero-order valence-corrected chi connectivity index (χ0v) is 11.4. The van der Waals surface area contributed by atoms with Crippen LogP contribution in [-0.4, -0.2) is 75.7 Å². The molecule has 0 rings (SSSR count). The first-order valence-corrected chi connectivity index (χ1v) is 4.54. The molecule has 0 aliphatic carbocycles. The van der Waals surface area contributed by atoms with Crippen LogP contribution in [0.3, 0.4) is 0 Å². The molecule has 5 N–H and O–H groups in total. The zero-order chi connectivity index (χ0) is 12.7. The molecule has 0 aromatic heterocycles. The average molecular weight is 262 g/mol. The molecule has 0 spiro atoms. The Morgan fingerprint density at radius 1 is 1.18 bits per heavy atom. The van der Waals surface area contributed by atoms with Crippen LogP contribution in [0.15, 0.2) is 0 Å². The molecular weight excluding hydrogens is 247 g/mol. The van der Waals surface area contributed by atoms with Gasteiger partial charge in [0.15, 0.2) is 0 Å². The Morgan fingerprint density at radius 2 is 1.71 bits per heavy atom. The van der Waals surface area contributed by atoms with Crippen LogP contribution in [0.1, 0.15) is 0 Å². The molecule has 0 aliphatic heterocycles. The third-order valence-corrected chi connectivity index (χ3v) is 1.90. The minimum Gasteiger partial charge on any atom is -0.547 e. The van der Waals surface area contributed by atoms with Crippen LogP contribution in [0.5, 0.6) is 0 Å². The summed E-state index contributed by atoms with van der Waals surface area (Å²) < 4.78 is 4.72. The van der Waals surface area contributed by atoms with Crippen molar-refractivity contribution in [2.45, 2.75) is 24.4 Å². The molecule has 0 heterocycles. The van der Waals surface area contributed by atoms with Gasteiger partial charge in [0.25, 0.3) is 0 Å². The number of carbonyl (C=O) groups is 1. The number of carboxylic acid groups (broad SMARTS) is 1. The molecule has 0 aromatic carbocycles. The molecule has 4 atom stereocenters. The molecule has 96 valence electrons. The first-order chi connectivity index (χ1) is 7.45. The first-order valence-electron chi connectivity index (χ1n) is 4.54. The quantitative estimate of drug-likeness (QED) is 0.271. The zero-order valence-electron chi connectivity index (χ0n) is 9.39. The maximum absolute atomic E-state index is 10.2. The molecule has 0 saturated heterocycles. The summed E-state index contributed by atoms with van der Waals surface area (Å²) in [5, 5.41) is 54.8. The van der Waals surface area contributed by atoms with Gasteiger partial charge < -0.3 is 40.2 Å². The van der Waals surface area contributed by atoms with Crippen molar-refractivity contribution >= 4 is 5.97 Å². The Hall–Kier alpha value is 0.230. The van der Waals surface area contributed by atoms with E-state index in [9.17, 15) is 20.1 Å². The van der Waals surface area contributed by atoms with Crippen molar-refractivity contribution in [3.63, 3.8) is 0 Å². The van der Waals surface area contributed by atoms with E-state index in [1.165, 1.54) is 0 Å². The Balaban J connectivity index is 0.